The van der Waals surface area contributed by atoms with Gasteiger partial charge in [0.15, 0.2) is 0 Å². The topological polar surface area (TPSA) is 69.2 Å². The van der Waals surface area contributed by atoms with Crippen molar-refractivity contribution >= 4 is 33.1 Å². The molecule has 1 saturated carbocycles. The molecule has 2 N–H and O–H groups in total. The Balaban J connectivity index is 1.85. The molecular formula is C13H11BrFN3O2. The molecule has 0 radical (unpaired) electrons. The molecule has 1 amide bonds. The van der Waals surface area contributed by atoms with Gasteiger partial charge in [0.05, 0.1) is 15.5 Å². The Bertz CT molecular complexity index is 708. The second-order valence-electron chi connectivity index (χ2n) is 5.42. The minimum Gasteiger partial charge on any atom is -0.465 e. The van der Waals surface area contributed by atoms with E-state index in [9.17, 15) is 14.3 Å². The van der Waals surface area contributed by atoms with E-state index < -0.39 is 11.6 Å². The zero-order valence-electron chi connectivity index (χ0n) is 10.4. The van der Waals surface area contributed by atoms with Crippen molar-refractivity contribution in [2.75, 3.05) is 6.54 Å². The zero-order valence-corrected chi connectivity index (χ0v) is 11.9. The number of likely N-dealkylation sites (tertiary alicyclic amines) is 1. The lowest BCUT2D eigenvalue weighted by atomic mass is 10.2. The van der Waals surface area contributed by atoms with E-state index in [1.807, 2.05) is 0 Å². The van der Waals surface area contributed by atoms with Gasteiger partial charge in [0, 0.05) is 12.6 Å². The monoisotopic (exact) mass is 339 g/mol. The van der Waals surface area contributed by atoms with E-state index in [1.54, 1.807) is 6.07 Å². The lowest BCUT2D eigenvalue weighted by Gasteiger charge is -2.23. The van der Waals surface area contributed by atoms with Crippen LogP contribution in [0.2, 0.25) is 0 Å². The zero-order chi connectivity index (χ0) is 14.1. The fraction of sp³-hybridized carbons (Fsp3) is 0.385. The number of aromatic nitrogens is 2. The van der Waals surface area contributed by atoms with Crippen LogP contribution in [0.15, 0.2) is 16.6 Å². The summed E-state index contributed by atoms with van der Waals surface area (Å²) in [7, 11) is 0. The van der Waals surface area contributed by atoms with Crippen molar-refractivity contribution in [2.24, 2.45) is 5.92 Å². The Morgan fingerprint density at radius 2 is 2.40 bits per heavy atom. The molecule has 2 aromatic rings. The van der Waals surface area contributed by atoms with Crippen molar-refractivity contribution in [3.63, 3.8) is 0 Å². The van der Waals surface area contributed by atoms with Crippen molar-refractivity contribution in [1.29, 1.82) is 0 Å². The summed E-state index contributed by atoms with van der Waals surface area (Å²) in [4.78, 5) is 20.4. The first-order valence-electron chi connectivity index (χ1n) is 6.38. The first-order valence-corrected chi connectivity index (χ1v) is 7.17. The number of hydrogen-bond acceptors (Lipinski definition) is 2. The van der Waals surface area contributed by atoms with Crippen LogP contribution in [0.25, 0.3) is 11.0 Å². The van der Waals surface area contributed by atoms with E-state index >= 15 is 0 Å². The fourth-order valence-electron chi connectivity index (χ4n) is 3.37. The third kappa shape index (κ3) is 1.41. The SMILES string of the molecule is O=C(O)N1CC[C@@H]2C[C@@]21c1nc2cc(Br)c(F)cc2[nH]1. The molecule has 1 aromatic heterocycles. The predicted molar refractivity (Wildman–Crippen MR) is 72.9 cm³/mol. The molecule has 1 aromatic carbocycles. The number of benzene rings is 1. The molecule has 0 spiro atoms. The summed E-state index contributed by atoms with van der Waals surface area (Å²) in [6, 6.07) is 2.99. The quantitative estimate of drug-likeness (QED) is 0.838. The van der Waals surface area contributed by atoms with Crippen LogP contribution in [0.3, 0.4) is 0 Å². The molecule has 1 aliphatic carbocycles. The summed E-state index contributed by atoms with van der Waals surface area (Å²) >= 11 is 3.13. The van der Waals surface area contributed by atoms with E-state index in [1.165, 1.54) is 11.0 Å². The van der Waals surface area contributed by atoms with Crippen LogP contribution in [0.1, 0.15) is 18.7 Å². The smallest absolute Gasteiger partial charge is 0.408 e. The van der Waals surface area contributed by atoms with Crippen LogP contribution < -0.4 is 0 Å². The average Bonchev–Trinajstić information content (AvgIpc) is 2.79. The average molecular weight is 340 g/mol. The molecule has 2 atom stereocenters. The maximum atomic E-state index is 13.5. The van der Waals surface area contributed by atoms with E-state index in [4.69, 9.17) is 0 Å². The van der Waals surface area contributed by atoms with Crippen LogP contribution in [-0.4, -0.2) is 32.6 Å². The second-order valence-corrected chi connectivity index (χ2v) is 6.27. The van der Waals surface area contributed by atoms with Crippen LogP contribution in [0, 0.1) is 11.7 Å². The van der Waals surface area contributed by atoms with E-state index in [-0.39, 0.29) is 5.82 Å². The van der Waals surface area contributed by atoms with Gasteiger partial charge in [0.25, 0.3) is 0 Å². The number of fused-ring (bicyclic) bond motifs is 2. The third-order valence-corrected chi connectivity index (χ3v) is 5.03. The Hall–Kier alpha value is -1.63. The number of nitrogens with one attached hydrogen (secondary N) is 1. The summed E-state index contributed by atoms with van der Waals surface area (Å²) in [5.41, 5.74) is 0.719. The number of rotatable bonds is 1. The molecule has 2 fully saturated rings. The standard InChI is InChI=1S/C13H11BrFN3O2/c14-7-3-9-10(4-8(7)15)17-11(16-9)13-5-6(13)1-2-18(13)12(19)20/h3-4,6H,1-2,5H2,(H,16,17)(H,19,20)/t6-,13+/m1/s1. The summed E-state index contributed by atoms with van der Waals surface area (Å²) in [6.07, 6.45) is 0.738. The van der Waals surface area contributed by atoms with Gasteiger partial charge in [-0.15, -0.1) is 0 Å². The molecule has 5 nitrogen and oxygen atoms in total. The molecule has 104 valence electrons. The van der Waals surface area contributed by atoms with Crippen molar-refractivity contribution < 1.29 is 14.3 Å². The molecule has 7 heteroatoms. The van der Waals surface area contributed by atoms with Gasteiger partial charge in [0.2, 0.25) is 0 Å². The number of hydrogen-bond donors (Lipinski definition) is 2. The number of imidazole rings is 1. The second kappa shape index (κ2) is 3.72. The third-order valence-electron chi connectivity index (χ3n) is 4.42. The van der Waals surface area contributed by atoms with Gasteiger partial charge in [-0.3, -0.25) is 4.90 Å². The molecule has 0 unspecified atom stereocenters. The van der Waals surface area contributed by atoms with Gasteiger partial charge >= 0.3 is 6.09 Å². The normalized spacial score (nSPS) is 27.9. The lowest BCUT2D eigenvalue weighted by molar-refractivity contribution is 0.125. The van der Waals surface area contributed by atoms with E-state index in [0.29, 0.717) is 33.8 Å². The predicted octanol–water partition coefficient (Wildman–Crippen LogP) is 3.06. The first kappa shape index (κ1) is 12.1. The van der Waals surface area contributed by atoms with Crippen molar-refractivity contribution in [2.45, 2.75) is 18.4 Å². The maximum absolute atomic E-state index is 13.5. The number of aromatic amines is 1. The summed E-state index contributed by atoms with van der Waals surface area (Å²) < 4.78 is 13.9. The minimum atomic E-state index is -0.919. The lowest BCUT2D eigenvalue weighted by Crippen LogP contribution is -2.37. The summed E-state index contributed by atoms with van der Waals surface area (Å²) in [5, 5.41) is 9.32. The largest absolute Gasteiger partial charge is 0.465 e. The van der Waals surface area contributed by atoms with Crippen molar-refractivity contribution in [3.05, 3.63) is 28.2 Å². The van der Waals surface area contributed by atoms with Crippen LogP contribution in [0.4, 0.5) is 9.18 Å². The molecule has 20 heavy (non-hydrogen) atoms. The molecule has 4 rings (SSSR count). The number of carboxylic acid groups (broad SMARTS) is 1. The highest BCUT2D eigenvalue weighted by Crippen LogP contribution is 2.61. The summed E-state index contributed by atoms with van der Waals surface area (Å²) in [6.45, 7) is 0.537. The van der Waals surface area contributed by atoms with Crippen molar-refractivity contribution in [1.82, 2.24) is 14.9 Å². The fourth-order valence-corrected chi connectivity index (χ4v) is 3.70. The van der Waals surface area contributed by atoms with Gasteiger partial charge in [-0.25, -0.2) is 14.2 Å². The molecule has 2 aliphatic rings. The van der Waals surface area contributed by atoms with Crippen molar-refractivity contribution in [3.8, 4) is 0 Å². The van der Waals surface area contributed by atoms with Crippen LogP contribution in [0.5, 0.6) is 0 Å². The highest BCUT2D eigenvalue weighted by molar-refractivity contribution is 9.10. The van der Waals surface area contributed by atoms with Gasteiger partial charge in [-0.05, 0) is 40.8 Å². The van der Waals surface area contributed by atoms with Gasteiger partial charge in [-0.1, -0.05) is 0 Å². The Morgan fingerprint density at radius 1 is 1.60 bits per heavy atom. The highest BCUT2D eigenvalue weighted by Gasteiger charge is 2.66. The Labute approximate surface area is 121 Å². The van der Waals surface area contributed by atoms with Crippen LogP contribution in [-0.2, 0) is 5.54 Å². The molecular weight excluding hydrogens is 329 g/mol. The highest BCUT2D eigenvalue weighted by atomic mass is 79.9. The number of halogens is 2. The number of piperidine rings is 1. The minimum absolute atomic E-state index is 0.326. The Kier molecular flexibility index (Phi) is 2.26. The molecule has 0 bridgehead atoms. The molecule has 1 aliphatic heterocycles. The van der Waals surface area contributed by atoms with Gasteiger partial charge in [0.1, 0.15) is 17.2 Å². The maximum Gasteiger partial charge on any atom is 0.408 e. The summed E-state index contributed by atoms with van der Waals surface area (Å²) in [5.74, 6) is 0.599. The van der Waals surface area contributed by atoms with Crippen LogP contribution >= 0.6 is 15.9 Å². The Morgan fingerprint density at radius 3 is 3.10 bits per heavy atom. The molecule has 1 saturated heterocycles. The van der Waals surface area contributed by atoms with E-state index in [0.717, 1.165) is 12.8 Å². The molecule has 2 heterocycles. The number of amides is 1. The van der Waals surface area contributed by atoms with E-state index in [2.05, 4.69) is 25.9 Å². The first-order chi connectivity index (χ1) is 9.52. The number of carbonyl (C=O) groups is 1. The van der Waals surface area contributed by atoms with Gasteiger partial charge in [-0.2, -0.15) is 0 Å². The van der Waals surface area contributed by atoms with Gasteiger partial charge < -0.3 is 10.1 Å². The number of H-pyrrole nitrogens is 1. The number of nitrogens with zero attached hydrogens (tertiary/aromatic N) is 2.